The number of ether oxygens (including phenoxy) is 1. The van der Waals surface area contributed by atoms with Gasteiger partial charge in [0.25, 0.3) is 0 Å². The minimum atomic E-state index is -0.538. The molecule has 0 aliphatic rings. The molecule has 0 bridgehead atoms. The Bertz CT molecular complexity index is 849. The Balaban J connectivity index is 2.19. The molecule has 3 rings (SSSR count). The predicted molar refractivity (Wildman–Crippen MR) is 94.0 cm³/mol. The van der Waals surface area contributed by atoms with Gasteiger partial charge in [-0.25, -0.2) is 4.79 Å². The van der Waals surface area contributed by atoms with Crippen LogP contribution >= 0.6 is 0 Å². The quantitative estimate of drug-likeness (QED) is 0.694. The van der Waals surface area contributed by atoms with E-state index in [-0.39, 0.29) is 17.9 Å². The van der Waals surface area contributed by atoms with Crippen LogP contribution in [0.4, 0.5) is 0 Å². The van der Waals surface area contributed by atoms with E-state index in [9.17, 15) is 9.90 Å². The number of aromatic amines is 1. The van der Waals surface area contributed by atoms with E-state index in [4.69, 9.17) is 4.74 Å². The second kappa shape index (κ2) is 6.62. The van der Waals surface area contributed by atoms with Gasteiger partial charge in [0.05, 0.1) is 18.0 Å². The molecule has 0 saturated carbocycles. The summed E-state index contributed by atoms with van der Waals surface area (Å²) in [6, 6.07) is 17.2. The van der Waals surface area contributed by atoms with E-state index in [0.29, 0.717) is 11.4 Å². The molecule has 24 heavy (non-hydrogen) atoms. The summed E-state index contributed by atoms with van der Waals surface area (Å²) in [4.78, 5) is 15.5. The number of hydrogen-bond donors (Lipinski definition) is 2. The topological polar surface area (TPSA) is 62.3 Å². The zero-order valence-electron chi connectivity index (χ0n) is 13.7. The summed E-state index contributed by atoms with van der Waals surface area (Å²) in [5.74, 6) is -0.625. The molecule has 4 nitrogen and oxygen atoms in total. The zero-order valence-corrected chi connectivity index (χ0v) is 13.7. The molecule has 0 spiro atoms. The molecule has 122 valence electrons. The van der Waals surface area contributed by atoms with Crippen LogP contribution in [0.2, 0.25) is 0 Å². The van der Waals surface area contributed by atoms with Gasteiger partial charge in [-0.3, -0.25) is 0 Å². The Hall–Kier alpha value is -3.01. The second-order valence-corrected chi connectivity index (χ2v) is 5.55. The maximum Gasteiger partial charge on any atom is 0.344 e. The standard InChI is InChI=1S/C20H19NO3/c1-3-24-20(23)16-17(14-7-5-4-6-8-14)21-18(19(16)22)15-11-9-13(2)10-12-15/h4-12,21-22H,3H2,1-2H3. The third kappa shape index (κ3) is 2.91. The van der Waals surface area contributed by atoms with Crippen molar-refractivity contribution in [2.75, 3.05) is 6.61 Å². The van der Waals surface area contributed by atoms with Crippen LogP contribution in [-0.4, -0.2) is 22.7 Å². The van der Waals surface area contributed by atoms with Gasteiger partial charge in [-0.05, 0) is 19.4 Å². The van der Waals surface area contributed by atoms with Crippen LogP contribution in [0.15, 0.2) is 54.6 Å². The molecule has 0 atom stereocenters. The molecule has 1 heterocycles. The largest absolute Gasteiger partial charge is 0.505 e. The summed E-state index contributed by atoms with van der Waals surface area (Å²) in [6.45, 7) is 3.99. The van der Waals surface area contributed by atoms with Gasteiger partial charge in [-0.1, -0.05) is 60.2 Å². The zero-order chi connectivity index (χ0) is 17.1. The SMILES string of the molecule is CCOC(=O)c1c(-c2ccccc2)[nH]c(-c2ccc(C)cc2)c1O. The molecule has 2 N–H and O–H groups in total. The number of H-pyrrole nitrogens is 1. The number of aryl methyl sites for hydroxylation is 1. The van der Waals surface area contributed by atoms with Crippen molar-refractivity contribution >= 4 is 5.97 Å². The van der Waals surface area contributed by atoms with Gasteiger partial charge in [0, 0.05) is 5.56 Å². The lowest BCUT2D eigenvalue weighted by Crippen LogP contribution is -2.05. The number of benzene rings is 2. The Morgan fingerprint density at radius 1 is 1.00 bits per heavy atom. The van der Waals surface area contributed by atoms with Gasteiger partial charge in [-0.15, -0.1) is 0 Å². The van der Waals surface area contributed by atoms with Crippen LogP contribution in [0.1, 0.15) is 22.8 Å². The Labute approximate surface area is 140 Å². The Morgan fingerprint density at radius 3 is 2.25 bits per heavy atom. The van der Waals surface area contributed by atoms with Crippen LogP contribution < -0.4 is 0 Å². The first-order chi connectivity index (χ1) is 11.6. The molecule has 0 aliphatic heterocycles. The predicted octanol–water partition coefficient (Wildman–Crippen LogP) is 4.54. The Kier molecular flexibility index (Phi) is 4.38. The van der Waals surface area contributed by atoms with Crippen molar-refractivity contribution < 1.29 is 14.6 Å². The number of esters is 1. The summed E-state index contributed by atoms with van der Waals surface area (Å²) in [6.07, 6.45) is 0. The van der Waals surface area contributed by atoms with Crippen molar-refractivity contribution in [2.45, 2.75) is 13.8 Å². The van der Waals surface area contributed by atoms with E-state index in [0.717, 1.165) is 16.7 Å². The van der Waals surface area contributed by atoms with Crippen molar-refractivity contribution in [3.8, 4) is 28.3 Å². The van der Waals surface area contributed by atoms with Crippen molar-refractivity contribution in [1.82, 2.24) is 4.98 Å². The molecule has 0 saturated heterocycles. The summed E-state index contributed by atoms with van der Waals surface area (Å²) in [7, 11) is 0. The van der Waals surface area contributed by atoms with Gasteiger partial charge in [0.15, 0.2) is 5.75 Å². The van der Waals surface area contributed by atoms with Gasteiger partial charge in [0.2, 0.25) is 0 Å². The molecule has 2 aromatic carbocycles. The average Bonchev–Trinajstić information content (AvgIpc) is 2.94. The maximum absolute atomic E-state index is 12.4. The van der Waals surface area contributed by atoms with Crippen LogP contribution in [0.3, 0.4) is 0 Å². The highest BCUT2D eigenvalue weighted by Crippen LogP contribution is 2.39. The third-order valence-electron chi connectivity index (χ3n) is 3.86. The van der Waals surface area contributed by atoms with Crippen molar-refractivity contribution in [1.29, 1.82) is 0 Å². The summed E-state index contributed by atoms with van der Waals surface area (Å²) >= 11 is 0. The number of rotatable bonds is 4. The number of hydrogen-bond acceptors (Lipinski definition) is 3. The molecule has 4 heteroatoms. The van der Waals surface area contributed by atoms with Gasteiger partial charge >= 0.3 is 5.97 Å². The molecule has 0 unspecified atom stereocenters. The second-order valence-electron chi connectivity index (χ2n) is 5.55. The first-order valence-electron chi connectivity index (χ1n) is 7.86. The first-order valence-corrected chi connectivity index (χ1v) is 7.86. The molecule has 0 radical (unpaired) electrons. The van der Waals surface area contributed by atoms with Crippen LogP contribution in [0.5, 0.6) is 5.75 Å². The summed E-state index contributed by atoms with van der Waals surface area (Å²) < 4.78 is 5.12. The lowest BCUT2D eigenvalue weighted by atomic mass is 10.1. The average molecular weight is 321 g/mol. The molecule has 0 aliphatic carbocycles. The summed E-state index contributed by atoms with van der Waals surface area (Å²) in [5.41, 5.74) is 3.98. The van der Waals surface area contributed by atoms with Gasteiger partial charge in [0.1, 0.15) is 5.56 Å². The van der Waals surface area contributed by atoms with Crippen molar-refractivity contribution in [3.05, 3.63) is 65.7 Å². The molecule has 0 fully saturated rings. The lowest BCUT2D eigenvalue weighted by molar-refractivity contribution is 0.0524. The number of nitrogens with one attached hydrogen (secondary N) is 1. The number of carbonyl (C=O) groups is 1. The van der Waals surface area contributed by atoms with E-state index in [1.807, 2.05) is 61.5 Å². The van der Waals surface area contributed by atoms with Gasteiger partial charge in [-0.2, -0.15) is 0 Å². The first kappa shape index (κ1) is 15.9. The van der Waals surface area contributed by atoms with E-state index < -0.39 is 5.97 Å². The number of aromatic nitrogens is 1. The smallest absolute Gasteiger partial charge is 0.344 e. The van der Waals surface area contributed by atoms with E-state index in [2.05, 4.69) is 4.98 Å². The molecular weight excluding hydrogens is 302 g/mol. The van der Waals surface area contributed by atoms with Crippen molar-refractivity contribution in [3.63, 3.8) is 0 Å². The maximum atomic E-state index is 12.4. The van der Waals surface area contributed by atoms with Crippen LogP contribution in [0.25, 0.3) is 22.5 Å². The molecular formula is C20H19NO3. The minimum Gasteiger partial charge on any atom is -0.505 e. The molecule has 0 amide bonds. The van der Waals surface area contributed by atoms with Crippen LogP contribution in [-0.2, 0) is 4.74 Å². The molecule has 3 aromatic rings. The fourth-order valence-corrected chi connectivity index (χ4v) is 2.64. The lowest BCUT2D eigenvalue weighted by Gasteiger charge is -2.04. The van der Waals surface area contributed by atoms with Crippen molar-refractivity contribution in [2.24, 2.45) is 0 Å². The monoisotopic (exact) mass is 321 g/mol. The highest BCUT2D eigenvalue weighted by atomic mass is 16.5. The van der Waals surface area contributed by atoms with E-state index in [1.54, 1.807) is 6.92 Å². The third-order valence-corrected chi connectivity index (χ3v) is 3.86. The summed E-state index contributed by atoms with van der Waals surface area (Å²) in [5, 5.41) is 10.7. The van der Waals surface area contributed by atoms with E-state index >= 15 is 0 Å². The highest BCUT2D eigenvalue weighted by molar-refractivity contribution is 6.02. The number of carbonyl (C=O) groups excluding carboxylic acids is 1. The minimum absolute atomic E-state index is 0.0869. The molecule has 1 aromatic heterocycles. The number of aromatic hydroxyl groups is 1. The highest BCUT2D eigenvalue weighted by Gasteiger charge is 2.25. The fourth-order valence-electron chi connectivity index (χ4n) is 2.64. The van der Waals surface area contributed by atoms with Crippen LogP contribution in [0, 0.1) is 6.92 Å². The van der Waals surface area contributed by atoms with E-state index in [1.165, 1.54) is 0 Å². The normalized spacial score (nSPS) is 10.6. The fraction of sp³-hybridized carbons (Fsp3) is 0.150. The van der Waals surface area contributed by atoms with Gasteiger partial charge < -0.3 is 14.8 Å². The Morgan fingerprint density at radius 2 is 1.62 bits per heavy atom.